The SMILES string of the molecule is CC[Si](C#CC(F)(F)[C@H]1C[C@H]1c1cccc2ccccc12)(CC)CC. The third-order valence-corrected chi connectivity index (χ3v) is 10.7. The lowest BCUT2D eigenvalue weighted by Crippen LogP contribution is -2.31. The van der Waals surface area contributed by atoms with Crippen molar-refractivity contribution in [1.82, 2.24) is 0 Å². The summed E-state index contributed by atoms with van der Waals surface area (Å²) in [6, 6.07) is 16.9. The molecule has 25 heavy (non-hydrogen) atoms. The minimum absolute atomic E-state index is 0.0728. The minimum Gasteiger partial charge on any atom is -0.192 e. The predicted octanol–water partition coefficient (Wildman–Crippen LogP) is 6.63. The lowest BCUT2D eigenvalue weighted by molar-refractivity contribution is 0.0395. The molecule has 1 aliphatic rings. The maximum atomic E-state index is 14.7. The van der Waals surface area contributed by atoms with Crippen molar-refractivity contribution in [3.8, 4) is 11.5 Å². The monoisotopic (exact) mass is 356 g/mol. The van der Waals surface area contributed by atoms with Crippen LogP contribution in [0.3, 0.4) is 0 Å². The maximum absolute atomic E-state index is 14.7. The van der Waals surface area contributed by atoms with Crippen LogP contribution in [0.15, 0.2) is 42.5 Å². The molecule has 3 heteroatoms. The highest BCUT2D eigenvalue weighted by molar-refractivity contribution is 6.87. The summed E-state index contributed by atoms with van der Waals surface area (Å²) in [5, 5.41) is 2.22. The van der Waals surface area contributed by atoms with Gasteiger partial charge in [0.1, 0.15) is 8.07 Å². The Morgan fingerprint density at radius 2 is 1.64 bits per heavy atom. The average molecular weight is 357 g/mol. The van der Waals surface area contributed by atoms with Gasteiger partial charge in [-0.3, -0.25) is 0 Å². The Labute approximate surface area is 150 Å². The third-order valence-electron chi connectivity index (χ3n) is 6.00. The number of hydrogen-bond acceptors (Lipinski definition) is 0. The first-order valence-corrected chi connectivity index (χ1v) is 12.0. The van der Waals surface area contributed by atoms with E-state index in [2.05, 4.69) is 32.2 Å². The van der Waals surface area contributed by atoms with Gasteiger partial charge in [-0.05, 0) is 52.7 Å². The molecule has 0 spiro atoms. The van der Waals surface area contributed by atoms with Crippen LogP contribution >= 0.6 is 0 Å². The number of benzene rings is 2. The molecule has 1 saturated carbocycles. The van der Waals surface area contributed by atoms with Crippen LogP contribution in [0.1, 0.15) is 38.7 Å². The van der Waals surface area contributed by atoms with Crippen LogP contribution in [-0.4, -0.2) is 14.0 Å². The fourth-order valence-electron chi connectivity index (χ4n) is 3.84. The largest absolute Gasteiger partial charge is 0.310 e. The van der Waals surface area contributed by atoms with Crippen LogP contribution in [0.4, 0.5) is 8.78 Å². The first-order valence-electron chi connectivity index (χ1n) is 9.36. The molecule has 0 nitrogen and oxygen atoms in total. The summed E-state index contributed by atoms with van der Waals surface area (Å²) in [5.41, 5.74) is 4.14. The van der Waals surface area contributed by atoms with Crippen molar-refractivity contribution in [3.05, 3.63) is 48.0 Å². The molecule has 0 aliphatic heterocycles. The second-order valence-electron chi connectivity index (χ2n) is 7.23. The molecule has 0 bridgehead atoms. The van der Waals surface area contributed by atoms with Crippen molar-refractivity contribution in [1.29, 1.82) is 0 Å². The van der Waals surface area contributed by atoms with E-state index in [1.54, 1.807) is 0 Å². The van der Waals surface area contributed by atoms with Crippen molar-refractivity contribution in [2.24, 2.45) is 5.92 Å². The van der Waals surface area contributed by atoms with Gasteiger partial charge in [0.2, 0.25) is 0 Å². The van der Waals surface area contributed by atoms with E-state index in [0.717, 1.165) is 34.5 Å². The van der Waals surface area contributed by atoms with E-state index < -0.39 is 19.9 Å². The van der Waals surface area contributed by atoms with Gasteiger partial charge in [0.05, 0.1) is 0 Å². The third kappa shape index (κ3) is 3.51. The molecule has 0 unspecified atom stereocenters. The highest BCUT2D eigenvalue weighted by Gasteiger charge is 2.55. The first-order chi connectivity index (χ1) is 12.0. The number of fused-ring (bicyclic) bond motifs is 1. The average Bonchev–Trinajstić information content (AvgIpc) is 3.44. The van der Waals surface area contributed by atoms with E-state index in [9.17, 15) is 8.78 Å². The molecule has 0 amide bonds. The van der Waals surface area contributed by atoms with Gasteiger partial charge in [-0.15, -0.1) is 5.54 Å². The fraction of sp³-hybridized carbons (Fsp3) is 0.455. The van der Waals surface area contributed by atoms with E-state index in [1.165, 1.54) is 0 Å². The summed E-state index contributed by atoms with van der Waals surface area (Å²) in [4.78, 5) is 0. The Morgan fingerprint density at radius 3 is 2.32 bits per heavy atom. The zero-order chi connectivity index (χ0) is 18.1. The van der Waals surface area contributed by atoms with Crippen LogP contribution in [0.2, 0.25) is 18.1 Å². The lowest BCUT2D eigenvalue weighted by atomic mass is 9.99. The Morgan fingerprint density at radius 1 is 1.00 bits per heavy atom. The van der Waals surface area contributed by atoms with E-state index >= 15 is 0 Å². The van der Waals surface area contributed by atoms with Gasteiger partial charge in [-0.25, -0.2) is 0 Å². The second kappa shape index (κ2) is 6.92. The molecule has 0 N–H and O–H groups in total. The molecule has 2 atom stereocenters. The van der Waals surface area contributed by atoms with Gasteiger partial charge in [0.25, 0.3) is 0 Å². The van der Waals surface area contributed by atoms with Gasteiger partial charge < -0.3 is 0 Å². The Hall–Kier alpha value is -1.66. The number of hydrogen-bond donors (Lipinski definition) is 0. The molecule has 1 fully saturated rings. The summed E-state index contributed by atoms with van der Waals surface area (Å²) in [6.45, 7) is 6.30. The van der Waals surface area contributed by atoms with Crippen LogP contribution < -0.4 is 0 Å². The molecule has 3 rings (SSSR count). The van der Waals surface area contributed by atoms with Gasteiger partial charge in [0, 0.05) is 5.92 Å². The molecule has 1 aliphatic carbocycles. The lowest BCUT2D eigenvalue weighted by Gasteiger charge is -2.21. The molecule has 2 aromatic carbocycles. The van der Waals surface area contributed by atoms with E-state index in [4.69, 9.17) is 0 Å². The van der Waals surface area contributed by atoms with Crippen LogP contribution in [-0.2, 0) is 0 Å². The number of halogens is 2. The molecule has 0 heterocycles. The van der Waals surface area contributed by atoms with Gasteiger partial charge in [0.15, 0.2) is 0 Å². The summed E-state index contributed by atoms with van der Waals surface area (Å²) in [5.74, 6) is -1.14. The molecular weight excluding hydrogens is 330 g/mol. The normalized spacial score (nSPS) is 20.2. The van der Waals surface area contributed by atoms with E-state index in [1.807, 2.05) is 42.5 Å². The van der Waals surface area contributed by atoms with Crippen molar-refractivity contribution in [2.75, 3.05) is 0 Å². The molecule has 0 saturated heterocycles. The van der Waals surface area contributed by atoms with Crippen molar-refractivity contribution in [2.45, 2.75) is 57.2 Å². The Kier molecular flexibility index (Phi) is 5.02. The summed E-state index contributed by atoms with van der Waals surface area (Å²) in [7, 11) is -1.83. The number of alkyl halides is 2. The standard InChI is InChI=1S/C22H26F2Si/c1-4-25(5-2,6-3)15-14-22(23,24)21-16-20(21)19-13-9-11-17-10-7-8-12-18(17)19/h7-13,20-21H,4-6,16H2,1-3H3/t20-,21-/m0/s1. The van der Waals surface area contributed by atoms with Crippen molar-refractivity contribution in [3.63, 3.8) is 0 Å². The highest BCUT2D eigenvalue weighted by Crippen LogP contribution is 2.56. The predicted molar refractivity (Wildman–Crippen MR) is 105 cm³/mol. The zero-order valence-corrected chi connectivity index (χ0v) is 16.3. The quantitative estimate of drug-likeness (QED) is 0.416. The van der Waals surface area contributed by atoms with E-state index in [-0.39, 0.29) is 5.92 Å². The topological polar surface area (TPSA) is 0 Å². The molecule has 0 aromatic heterocycles. The summed E-state index contributed by atoms with van der Waals surface area (Å²) < 4.78 is 29.5. The molecule has 0 radical (unpaired) electrons. The Bertz CT molecular complexity index is 798. The molecule has 132 valence electrons. The van der Waals surface area contributed by atoms with E-state index in [0.29, 0.717) is 6.42 Å². The van der Waals surface area contributed by atoms with Gasteiger partial charge in [-0.2, -0.15) is 8.78 Å². The molecule has 2 aromatic rings. The molecular formula is C22H26F2Si. The number of rotatable bonds is 5. The van der Waals surface area contributed by atoms with Crippen LogP contribution in [0.5, 0.6) is 0 Å². The maximum Gasteiger partial charge on any atom is 0.310 e. The fourth-order valence-corrected chi connectivity index (χ4v) is 6.30. The summed E-state index contributed by atoms with van der Waals surface area (Å²) >= 11 is 0. The smallest absolute Gasteiger partial charge is 0.192 e. The minimum atomic E-state index is -2.88. The summed E-state index contributed by atoms with van der Waals surface area (Å²) in [6.07, 6.45) is 0.536. The van der Waals surface area contributed by atoms with Gasteiger partial charge >= 0.3 is 5.92 Å². The van der Waals surface area contributed by atoms with Crippen LogP contribution in [0.25, 0.3) is 10.8 Å². The van der Waals surface area contributed by atoms with Gasteiger partial charge in [-0.1, -0.05) is 63.2 Å². The zero-order valence-electron chi connectivity index (χ0n) is 15.3. The Balaban J connectivity index is 1.85. The first kappa shape index (κ1) is 18.1. The highest BCUT2D eigenvalue weighted by atomic mass is 28.3. The van der Waals surface area contributed by atoms with Crippen molar-refractivity contribution < 1.29 is 8.78 Å². The van der Waals surface area contributed by atoms with Crippen LogP contribution in [0, 0.1) is 17.4 Å². The second-order valence-corrected chi connectivity index (χ2v) is 12.2. The van der Waals surface area contributed by atoms with Crippen molar-refractivity contribution >= 4 is 18.8 Å².